The van der Waals surface area contributed by atoms with E-state index in [1.807, 2.05) is 4.90 Å². The summed E-state index contributed by atoms with van der Waals surface area (Å²) in [7, 11) is -2.36. The molecule has 1 unspecified atom stereocenters. The van der Waals surface area contributed by atoms with Gasteiger partial charge in [0.25, 0.3) is 5.91 Å². The molecular formula is C38H47N5O4S. The van der Waals surface area contributed by atoms with Gasteiger partial charge in [0, 0.05) is 43.3 Å². The van der Waals surface area contributed by atoms with Crippen LogP contribution in [0.4, 0.5) is 0 Å². The number of hydrogen-bond donors (Lipinski definition) is 1. The zero-order chi connectivity index (χ0) is 33.5. The second-order valence-corrected chi connectivity index (χ2v) is 15.6. The topological polar surface area (TPSA) is 96.8 Å². The van der Waals surface area contributed by atoms with E-state index in [1.54, 1.807) is 19.1 Å². The van der Waals surface area contributed by atoms with Gasteiger partial charge in [-0.3, -0.25) is 9.69 Å². The smallest absolute Gasteiger partial charge is 0.253 e. The van der Waals surface area contributed by atoms with E-state index in [4.69, 9.17) is 9.72 Å². The van der Waals surface area contributed by atoms with Crippen molar-refractivity contribution in [1.29, 1.82) is 0 Å². The fraction of sp³-hybridized carbons (Fsp3) is 0.474. The van der Waals surface area contributed by atoms with Crippen molar-refractivity contribution >= 4 is 27.0 Å². The average Bonchev–Trinajstić information content (AvgIpc) is 3.57. The van der Waals surface area contributed by atoms with E-state index >= 15 is 0 Å². The Morgan fingerprint density at radius 3 is 2.33 bits per heavy atom. The van der Waals surface area contributed by atoms with Gasteiger partial charge >= 0.3 is 0 Å². The molecule has 4 heterocycles. The Hall–Kier alpha value is -3.73. The number of benzene rings is 3. The molecule has 3 atom stereocenters. The zero-order valence-corrected chi connectivity index (χ0v) is 29.1. The van der Waals surface area contributed by atoms with Crippen LogP contribution in [0.5, 0.6) is 5.75 Å². The van der Waals surface area contributed by atoms with Crippen LogP contribution in [0.1, 0.15) is 79.7 Å². The van der Waals surface area contributed by atoms with Crippen molar-refractivity contribution in [2.45, 2.75) is 87.2 Å². The number of likely N-dealkylation sites (tertiary alicyclic amines) is 1. The molecule has 48 heavy (non-hydrogen) atoms. The van der Waals surface area contributed by atoms with Crippen molar-refractivity contribution in [3.63, 3.8) is 0 Å². The molecule has 10 heteroatoms. The average molecular weight is 670 g/mol. The van der Waals surface area contributed by atoms with Gasteiger partial charge in [0.15, 0.2) is 0 Å². The van der Waals surface area contributed by atoms with E-state index in [0.717, 1.165) is 50.0 Å². The molecule has 3 aromatic carbocycles. The van der Waals surface area contributed by atoms with Crippen LogP contribution in [0.25, 0.3) is 11.0 Å². The third-order valence-corrected chi connectivity index (χ3v) is 12.8. The molecule has 0 aliphatic carbocycles. The maximum absolute atomic E-state index is 13.8. The number of carbonyl (C=O) groups excluding carboxylic acids is 1. The van der Waals surface area contributed by atoms with Crippen LogP contribution in [-0.2, 0) is 15.4 Å². The first kappa shape index (κ1) is 32.8. The summed E-state index contributed by atoms with van der Waals surface area (Å²) >= 11 is 0. The first-order valence-corrected chi connectivity index (χ1v) is 18.9. The number of imidazole rings is 1. The molecule has 0 saturated carbocycles. The molecule has 9 nitrogen and oxygen atoms in total. The van der Waals surface area contributed by atoms with E-state index < -0.39 is 10.0 Å². The van der Waals surface area contributed by atoms with Gasteiger partial charge in [0.2, 0.25) is 10.0 Å². The number of nitrogens with zero attached hydrogens (tertiary/aromatic N) is 4. The molecule has 0 radical (unpaired) electrons. The van der Waals surface area contributed by atoms with E-state index in [9.17, 15) is 13.2 Å². The van der Waals surface area contributed by atoms with E-state index in [-0.39, 0.29) is 28.5 Å². The maximum Gasteiger partial charge on any atom is 0.253 e. The lowest BCUT2D eigenvalue weighted by atomic mass is 9.70. The Kier molecular flexibility index (Phi) is 9.08. The lowest BCUT2D eigenvalue weighted by Gasteiger charge is -2.45. The lowest BCUT2D eigenvalue weighted by molar-refractivity contribution is 0.0606. The summed E-state index contributed by atoms with van der Waals surface area (Å²) in [6, 6.07) is 25.7. The summed E-state index contributed by atoms with van der Waals surface area (Å²) in [6.45, 7) is 6.42. The van der Waals surface area contributed by atoms with Crippen LogP contribution in [0, 0.1) is 6.92 Å². The first-order valence-electron chi connectivity index (χ1n) is 17.4. The summed E-state index contributed by atoms with van der Waals surface area (Å²) < 4.78 is 36.1. The van der Waals surface area contributed by atoms with Gasteiger partial charge in [-0.05, 0) is 99.7 Å². The molecule has 1 aromatic heterocycles. The molecule has 3 aliphatic heterocycles. The third-order valence-electron chi connectivity index (χ3n) is 11.3. The molecule has 1 N–H and O–H groups in total. The van der Waals surface area contributed by atoms with Crippen molar-refractivity contribution in [2.24, 2.45) is 0 Å². The molecule has 7 rings (SSSR count). The molecular weight excluding hydrogens is 623 g/mol. The minimum atomic E-state index is -3.80. The summed E-state index contributed by atoms with van der Waals surface area (Å²) in [5.74, 6) is 1.19. The molecule has 3 fully saturated rings. The summed E-state index contributed by atoms with van der Waals surface area (Å²) in [5, 5.41) is 0. The van der Waals surface area contributed by atoms with Crippen molar-refractivity contribution in [1.82, 2.24) is 24.1 Å². The number of rotatable bonds is 10. The highest BCUT2D eigenvalue weighted by Gasteiger charge is 2.44. The largest absolute Gasteiger partial charge is 0.495 e. The highest BCUT2D eigenvalue weighted by molar-refractivity contribution is 7.89. The number of methoxy groups -OCH3 is 1. The third kappa shape index (κ3) is 6.03. The number of nitrogens with one attached hydrogen (secondary N) is 1. The number of amides is 1. The highest BCUT2D eigenvalue weighted by atomic mass is 32.2. The van der Waals surface area contributed by atoms with Gasteiger partial charge < -0.3 is 14.2 Å². The van der Waals surface area contributed by atoms with Gasteiger partial charge in [-0.2, -0.15) is 0 Å². The van der Waals surface area contributed by atoms with E-state index in [0.29, 0.717) is 36.8 Å². The van der Waals surface area contributed by atoms with Crippen LogP contribution < -0.4 is 9.46 Å². The van der Waals surface area contributed by atoms with E-state index in [2.05, 4.69) is 75.7 Å². The number of aryl methyl sites for hydroxylation is 1. The molecule has 3 saturated heterocycles. The minimum Gasteiger partial charge on any atom is -0.495 e. The fourth-order valence-corrected chi connectivity index (χ4v) is 10.1. The van der Waals surface area contributed by atoms with Crippen molar-refractivity contribution in [2.75, 3.05) is 33.3 Å². The van der Waals surface area contributed by atoms with Crippen molar-refractivity contribution in [3.05, 3.63) is 89.7 Å². The molecule has 4 aromatic rings. The Balaban J connectivity index is 1.06. The maximum atomic E-state index is 13.8. The monoisotopic (exact) mass is 669 g/mol. The van der Waals surface area contributed by atoms with Crippen molar-refractivity contribution in [3.8, 4) is 5.75 Å². The summed E-state index contributed by atoms with van der Waals surface area (Å²) in [6.07, 6.45) is 7.61. The second-order valence-electron chi connectivity index (χ2n) is 13.8. The van der Waals surface area contributed by atoms with Crippen molar-refractivity contribution < 1.29 is 17.9 Å². The Morgan fingerprint density at radius 2 is 1.65 bits per heavy atom. The van der Waals surface area contributed by atoms with Gasteiger partial charge in [0.05, 0.1) is 18.1 Å². The number of fused-ring (bicyclic) bond motifs is 3. The predicted octanol–water partition coefficient (Wildman–Crippen LogP) is 6.08. The summed E-state index contributed by atoms with van der Waals surface area (Å²) in [4.78, 5) is 23.3. The van der Waals surface area contributed by atoms with E-state index in [1.165, 1.54) is 37.1 Å². The summed E-state index contributed by atoms with van der Waals surface area (Å²) in [5.41, 5.74) is 4.03. The van der Waals surface area contributed by atoms with Crippen LogP contribution in [0.15, 0.2) is 77.7 Å². The van der Waals surface area contributed by atoms with Crippen LogP contribution in [-0.4, -0.2) is 79.0 Å². The minimum absolute atomic E-state index is 0.0110. The number of ether oxygens (including phenoxy) is 1. The first-order chi connectivity index (χ1) is 23.2. The normalized spacial score (nSPS) is 22.6. The Bertz CT molecular complexity index is 1870. The second kappa shape index (κ2) is 13.3. The van der Waals surface area contributed by atoms with Gasteiger partial charge in [-0.25, -0.2) is 18.1 Å². The molecule has 254 valence electrons. The quantitative estimate of drug-likeness (QED) is 0.220. The number of hydrogen-bond acceptors (Lipinski definition) is 6. The molecule has 3 aliphatic rings. The standard InChI is InChI=1S/C38H47N5O4S/c1-4-39-48(45,46)36-24-28(14-17-35(36)47-3)37(44)41-21-18-38(19-22-41,29-10-6-5-7-11-29)20-23-42-30-15-16-31(42)26-32(25-30)43-27(2)40-33-12-8-9-13-34(33)43/h5-14,17,24,30-32,39H,4,15-16,18-23,25-26H2,1-3H3/t30-,31+,32?. The SMILES string of the molecule is CCNS(=O)(=O)c1cc(C(=O)N2CCC(CCN3[C@@H]4CC[C@H]3CC(n3c(C)nc5ccccc53)C4)(c3ccccc3)CC2)ccc1OC. The number of piperidine rings is 2. The fourth-order valence-electron chi connectivity index (χ4n) is 8.87. The molecule has 0 spiro atoms. The zero-order valence-electron chi connectivity index (χ0n) is 28.3. The Labute approximate surface area is 284 Å². The van der Waals surface area contributed by atoms with Gasteiger partial charge in [0.1, 0.15) is 16.5 Å². The van der Waals surface area contributed by atoms with Crippen LogP contribution >= 0.6 is 0 Å². The number of sulfonamides is 1. The van der Waals surface area contributed by atoms with Gasteiger partial charge in [-0.1, -0.05) is 49.4 Å². The predicted molar refractivity (Wildman–Crippen MR) is 188 cm³/mol. The molecule has 1 amide bonds. The Morgan fingerprint density at radius 1 is 0.958 bits per heavy atom. The van der Waals surface area contributed by atoms with Gasteiger partial charge in [-0.15, -0.1) is 0 Å². The number of para-hydroxylation sites is 2. The van der Waals surface area contributed by atoms with Crippen LogP contribution in [0.2, 0.25) is 0 Å². The number of aromatic nitrogens is 2. The van der Waals surface area contributed by atoms with Crippen LogP contribution in [0.3, 0.4) is 0 Å². The lowest BCUT2D eigenvalue weighted by Crippen LogP contribution is -2.49. The highest BCUT2D eigenvalue weighted by Crippen LogP contribution is 2.45. The number of carbonyl (C=O) groups is 1. The molecule has 2 bridgehead atoms.